The van der Waals surface area contributed by atoms with Crippen LogP contribution in [0.15, 0.2) is 59.7 Å². The van der Waals surface area contributed by atoms with Crippen molar-refractivity contribution in [1.82, 2.24) is 5.12 Å². The molecule has 0 saturated carbocycles. The van der Waals surface area contributed by atoms with Gasteiger partial charge in [-0.2, -0.15) is 5.10 Å². The Bertz CT molecular complexity index is 420. The lowest BCUT2D eigenvalue weighted by Crippen LogP contribution is -2.30. The molecular formula is C14H17N3. The number of rotatable bonds is 4. The molecule has 0 heterocycles. The summed E-state index contributed by atoms with van der Waals surface area (Å²) in [4.78, 5) is 0. The van der Waals surface area contributed by atoms with E-state index in [1.807, 2.05) is 30.3 Å². The molecule has 1 aromatic carbocycles. The van der Waals surface area contributed by atoms with Gasteiger partial charge < -0.3 is 0 Å². The monoisotopic (exact) mass is 227 g/mol. The van der Waals surface area contributed by atoms with Gasteiger partial charge in [0.1, 0.15) is 0 Å². The highest BCUT2D eigenvalue weighted by Gasteiger charge is 2.07. The predicted octanol–water partition coefficient (Wildman–Crippen LogP) is 2.33. The van der Waals surface area contributed by atoms with Crippen molar-refractivity contribution in [2.45, 2.75) is 6.42 Å². The minimum Gasteiger partial charge on any atom is -0.232 e. The average Bonchev–Trinajstić information content (AvgIpc) is 2.39. The summed E-state index contributed by atoms with van der Waals surface area (Å²) in [5.41, 5.74) is 1.06. The molecule has 1 aliphatic rings. The fraction of sp³-hybridized carbons (Fsp3) is 0.214. The third-order valence-electron chi connectivity index (χ3n) is 2.65. The molecular weight excluding hydrogens is 210 g/mol. The Balaban J connectivity index is 1.85. The van der Waals surface area contributed by atoms with Crippen molar-refractivity contribution in [3.63, 3.8) is 0 Å². The molecule has 0 aliphatic heterocycles. The lowest BCUT2D eigenvalue weighted by molar-refractivity contribution is 0.269. The quantitative estimate of drug-likeness (QED) is 0.487. The number of hydrazine groups is 1. The first-order chi connectivity index (χ1) is 8.34. The average molecular weight is 227 g/mol. The van der Waals surface area contributed by atoms with E-state index in [2.05, 4.69) is 29.4 Å². The maximum Gasteiger partial charge on any atom is 0.0596 e. The van der Waals surface area contributed by atoms with Crippen molar-refractivity contribution < 1.29 is 0 Å². The van der Waals surface area contributed by atoms with Crippen LogP contribution in [0.2, 0.25) is 0 Å². The summed E-state index contributed by atoms with van der Waals surface area (Å²) in [5.74, 6) is 6.29. The normalized spacial score (nSPS) is 18.8. The van der Waals surface area contributed by atoms with Gasteiger partial charge in [-0.15, -0.1) is 0 Å². The molecule has 0 radical (unpaired) electrons. The van der Waals surface area contributed by atoms with Gasteiger partial charge in [0, 0.05) is 5.92 Å². The van der Waals surface area contributed by atoms with Crippen LogP contribution in [0.4, 0.5) is 0 Å². The molecule has 0 bridgehead atoms. The molecule has 2 rings (SSSR count). The van der Waals surface area contributed by atoms with E-state index in [4.69, 9.17) is 5.84 Å². The number of hydrogen-bond acceptors (Lipinski definition) is 3. The van der Waals surface area contributed by atoms with E-state index >= 15 is 0 Å². The van der Waals surface area contributed by atoms with Crippen LogP contribution in [-0.2, 0) is 0 Å². The van der Waals surface area contributed by atoms with Gasteiger partial charge in [0.05, 0.1) is 12.8 Å². The minimum absolute atomic E-state index is 0.456. The van der Waals surface area contributed by atoms with E-state index in [1.165, 1.54) is 5.12 Å². The third kappa shape index (κ3) is 3.89. The first-order valence-corrected chi connectivity index (χ1v) is 5.79. The highest BCUT2D eigenvalue weighted by Crippen LogP contribution is 2.11. The molecule has 3 nitrogen and oxygen atoms in total. The summed E-state index contributed by atoms with van der Waals surface area (Å²) in [6.45, 7) is 0.740. The second-order valence-electron chi connectivity index (χ2n) is 4.09. The standard InChI is InChI=1S/C14H17N3/c15-17(12-14-9-5-2-6-10-14)16-11-13-7-3-1-4-8-13/h1-9,11,14H,10,12,15H2/b16-11+. The lowest BCUT2D eigenvalue weighted by atomic mass is 10.0. The SMILES string of the molecule is NN(CC1C=CC=CC1)/N=C/c1ccccc1. The number of hydrazone groups is 1. The van der Waals surface area contributed by atoms with E-state index in [-0.39, 0.29) is 0 Å². The van der Waals surface area contributed by atoms with Crippen LogP contribution in [0.25, 0.3) is 0 Å². The van der Waals surface area contributed by atoms with Gasteiger partial charge in [-0.25, -0.2) is 11.0 Å². The number of nitrogens with zero attached hydrogens (tertiary/aromatic N) is 2. The highest BCUT2D eigenvalue weighted by atomic mass is 15.6. The Hall–Kier alpha value is -1.87. The van der Waals surface area contributed by atoms with Crippen LogP contribution in [0.1, 0.15) is 12.0 Å². The van der Waals surface area contributed by atoms with Gasteiger partial charge in [-0.05, 0) is 12.0 Å². The van der Waals surface area contributed by atoms with Crippen LogP contribution in [0.5, 0.6) is 0 Å². The van der Waals surface area contributed by atoms with E-state index in [0.717, 1.165) is 18.5 Å². The third-order valence-corrected chi connectivity index (χ3v) is 2.65. The first-order valence-electron chi connectivity index (χ1n) is 5.79. The van der Waals surface area contributed by atoms with Crippen molar-refractivity contribution in [1.29, 1.82) is 0 Å². The molecule has 0 aromatic heterocycles. The highest BCUT2D eigenvalue weighted by molar-refractivity contribution is 5.79. The van der Waals surface area contributed by atoms with E-state index < -0.39 is 0 Å². The summed E-state index contributed by atoms with van der Waals surface area (Å²) in [6.07, 6.45) is 11.2. The Morgan fingerprint density at radius 1 is 1.29 bits per heavy atom. The summed E-state index contributed by atoms with van der Waals surface area (Å²) in [6, 6.07) is 9.95. The molecule has 17 heavy (non-hydrogen) atoms. The number of benzene rings is 1. The van der Waals surface area contributed by atoms with Crippen molar-refractivity contribution in [3.05, 3.63) is 60.2 Å². The lowest BCUT2D eigenvalue weighted by Gasteiger charge is -2.18. The number of nitrogens with two attached hydrogens (primary N) is 1. The topological polar surface area (TPSA) is 41.6 Å². The van der Waals surface area contributed by atoms with Crippen molar-refractivity contribution in [2.75, 3.05) is 6.54 Å². The minimum atomic E-state index is 0.456. The Morgan fingerprint density at radius 3 is 2.82 bits per heavy atom. The Kier molecular flexibility index (Phi) is 4.11. The second-order valence-corrected chi connectivity index (χ2v) is 4.09. The Labute approximate surface area is 102 Å². The maximum absolute atomic E-state index is 5.83. The summed E-state index contributed by atoms with van der Waals surface area (Å²) in [7, 11) is 0. The molecule has 0 saturated heterocycles. The summed E-state index contributed by atoms with van der Waals surface area (Å²) in [5, 5.41) is 5.72. The van der Waals surface area contributed by atoms with Crippen LogP contribution in [0.3, 0.4) is 0 Å². The van der Waals surface area contributed by atoms with Gasteiger partial charge in [0.25, 0.3) is 0 Å². The molecule has 2 N–H and O–H groups in total. The summed E-state index contributed by atoms with van der Waals surface area (Å²) >= 11 is 0. The van der Waals surface area contributed by atoms with Gasteiger partial charge in [-0.1, -0.05) is 54.6 Å². The van der Waals surface area contributed by atoms with Crippen molar-refractivity contribution in [3.8, 4) is 0 Å². The zero-order chi connectivity index (χ0) is 11.9. The van der Waals surface area contributed by atoms with Crippen molar-refractivity contribution >= 4 is 6.21 Å². The van der Waals surface area contributed by atoms with Crippen LogP contribution in [0, 0.1) is 5.92 Å². The molecule has 0 amide bonds. The molecule has 3 heteroatoms. The van der Waals surface area contributed by atoms with E-state index in [0.29, 0.717) is 5.92 Å². The fourth-order valence-electron chi connectivity index (χ4n) is 1.73. The predicted molar refractivity (Wildman–Crippen MR) is 71.3 cm³/mol. The molecule has 88 valence electrons. The largest absolute Gasteiger partial charge is 0.232 e. The van der Waals surface area contributed by atoms with Gasteiger partial charge in [-0.3, -0.25) is 0 Å². The van der Waals surface area contributed by atoms with Gasteiger partial charge in [0.15, 0.2) is 0 Å². The molecule has 1 aromatic rings. The zero-order valence-corrected chi connectivity index (χ0v) is 9.74. The number of allylic oxidation sites excluding steroid dienone is 3. The van der Waals surface area contributed by atoms with Crippen LogP contribution >= 0.6 is 0 Å². The van der Waals surface area contributed by atoms with Crippen LogP contribution < -0.4 is 5.84 Å². The van der Waals surface area contributed by atoms with Gasteiger partial charge in [0.2, 0.25) is 0 Å². The zero-order valence-electron chi connectivity index (χ0n) is 9.74. The van der Waals surface area contributed by atoms with Crippen molar-refractivity contribution in [2.24, 2.45) is 16.9 Å². The van der Waals surface area contributed by atoms with Crippen LogP contribution in [-0.4, -0.2) is 17.9 Å². The maximum atomic E-state index is 5.83. The summed E-state index contributed by atoms with van der Waals surface area (Å²) < 4.78 is 0. The molecule has 1 aliphatic carbocycles. The number of hydrogen-bond donors (Lipinski definition) is 1. The molecule has 0 fully saturated rings. The molecule has 1 unspecified atom stereocenters. The van der Waals surface area contributed by atoms with E-state index in [9.17, 15) is 0 Å². The molecule has 1 atom stereocenters. The first kappa shape index (κ1) is 11.6. The van der Waals surface area contributed by atoms with E-state index in [1.54, 1.807) is 6.21 Å². The van der Waals surface area contributed by atoms with Gasteiger partial charge >= 0.3 is 0 Å². The Morgan fingerprint density at radius 2 is 2.12 bits per heavy atom. The molecule has 0 spiro atoms. The second kappa shape index (κ2) is 6.01. The fourth-order valence-corrected chi connectivity index (χ4v) is 1.73. The smallest absolute Gasteiger partial charge is 0.0596 e.